The average molecular weight is 449 g/mol. The van der Waals surface area contributed by atoms with Gasteiger partial charge < -0.3 is 24.5 Å². The Morgan fingerprint density at radius 1 is 1.06 bits per heavy atom. The lowest BCUT2D eigenvalue weighted by atomic mass is 10.1. The second-order valence-electron chi connectivity index (χ2n) is 7.64. The summed E-state index contributed by atoms with van der Waals surface area (Å²) < 4.78 is 18.6. The minimum Gasteiger partial charge on any atom is -0.489 e. The molecule has 4 rings (SSSR count). The van der Waals surface area contributed by atoms with Crippen molar-refractivity contribution in [2.75, 3.05) is 13.2 Å². The zero-order chi connectivity index (χ0) is 23.0. The summed E-state index contributed by atoms with van der Waals surface area (Å²) in [6.07, 6.45) is 2.56. The van der Waals surface area contributed by atoms with E-state index in [9.17, 15) is 4.79 Å². The van der Waals surface area contributed by atoms with Gasteiger partial charge in [-0.05, 0) is 37.5 Å². The van der Waals surface area contributed by atoms with Crippen LogP contribution in [0.15, 0.2) is 54.7 Å². The summed E-state index contributed by atoms with van der Waals surface area (Å²) in [4.78, 5) is 20.2. The molecule has 0 spiro atoms. The molecule has 2 N–H and O–H groups in total. The van der Waals surface area contributed by atoms with Crippen molar-refractivity contribution in [1.29, 1.82) is 0 Å². The van der Waals surface area contributed by atoms with Crippen LogP contribution in [-0.2, 0) is 29.2 Å². The molecule has 0 aliphatic carbocycles. The van der Waals surface area contributed by atoms with Crippen molar-refractivity contribution >= 4 is 28.0 Å². The van der Waals surface area contributed by atoms with Crippen LogP contribution in [0.3, 0.4) is 0 Å². The molecule has 0 saturated heterocycles. The summed E-state index contributed by atoms with van der Waals surface area (Å²) in [6.45, 7) is 4.50. The van der Waals surface area contributed by atoms with Gasteiger partial charge in [0.05, 0.1) is 23.8 Å². The average Bonchev–Trinajstić information content (AvgIpc) is 3.19. The number of benzene rings is 2. The standard InChI is InChI=1S/C25H28N4O4/c1-2-31-17-23-28-22-15-27-21-14-19(33-16-18-8-4-3-5-9-18)10-11-20(21)24(22)29(23)12-6-7-13-32-25(26)30/h3-5,8-11,14-15H,2,6-7,12-13,16-17H2,1H3,(H2,26,30). The number of fused-ring (bicyclic) bond motifs is 3. The van der Waals surface area contributed by atoms with E-state index < -0.39 is 6.09 Å². The fraction of sp³-hybridized carbons (Fsp3) is 0.320. The van der Waals surface area contributed by atoms with Crippen molar-refractivity contribution in [2.24, 2.45) is 5.73 Å². The maximum absolute atomic E-state index is 10.8. The van der Waals surface area contributed by atoms with E-state index in [1.807, 2.05) is 55.5 Å². The molecular weight excluding hydrogens is 420 g/mol. The number of ether oxygens (including phenoxy) is 3. The Labute approximate surface area is 192 Å². The lowest BCUT2D eigenvalue weighted by molar-refractivity contribution is 0.125. The number of pyridine rings is 1. The van der Waals surface area contributed by atoms with Gasteiger partial charge in [-0.3, -0.25) is 4.98 Å². The molecule has 8 nitrogen and oxygen atoms in total. The summed E-state index contributed by atoms with van der Waals surface area (Å²) in [5.41, 5.74) is 8.83. The molecule has 172 valence electrons. The van der Waals surface area contributed by atoms with Crippen LogP contribution < -0.4 is 10.5 Å². The minimum absolute atomic E-state index is 0.299. The van der Waals surface area contributed by atoms with Crippen LogP contribution in [0.1, 0.15) is 31.2 Å². The van der Waals surface area contributed by atoms with E-state index >= 15 is 0 Å². The topological polar surface area (TPSA) is 101 Å². The first-order valence-electron chi connectivity index (χ1n) is 11.1. The number of amides is 1. The third kappa shape index (κ3) is 5.59. The Bertz CT molecular complexity index is 1220. The van der Waals surface area contributed by atoms with Crippen molar-refractivity contribution in [3.05, 3.63) is 66.1 Å². The van der Waals surface area contributed by atoms with Gasteiger partial charge in [0.1, 0.15) is 30.3 Å². The largest absolute Gasteiger partial charge is 0.489 e. The van der Waals surface area contributed by atoms with Crippen molar-refractivity contribution in [2.45, 2.75) is 39.5 Å². The number of hydrogen-bond donors (Lipinski definition) is 1. The highest BCUT2D eigenvalue weighted by Crippen LogP contribution is 2.28. The number of primary amides is 1. The third-order valence-corrected chi connectivity index (χ3v) is 5.33. The lowest BCUT2D eigenvalue weighted by Gasteiger charge is -2.11. The summed E-state index contributed by atoms with van der Waals surface area (Å²) in [7, 11) is 0. The number of aromatic nitrogens is 3. The monoisotopic (exact) mass is 448 g/mol. The van der Waals surface area contributed by atoms with Gasteiger partial charge in [0.2, 0.25) is 0 Å². The number of aryl methyl sites for hydroxylation is 1. The molecule has 0 bridgehead atoms. The van der Waals surface area contributed by atoms with Crippen molar-refractivity contribution < 1.29 is 19.0 Å². The molecule has 0 fully saturated rings. The minimum atomic E-state index is -0.748. The fourth-order valence-electron chi connectivity index (χ4n) is 3.76. The Balaban J connectivity index is 1.60. The maximum Gasteiger partial charge on any atom is 0.404 e. The number of carbonyl (C=O) groups excluding carboxylic acids is 1. The van der Waals surface area contributed by atoms with Crippen LogP contribution in [0.5, 0.6) is 5.75 Å². The zero-order valence-electron chi connectivity index (χ0n) is 18.7. The fourth-order valence-corrected chi connectivity index (χ4v) is 3.76. The quantitative estimate of drug-likeness (QED) is 0.337. The van der Waals surface area contributed by atoms with E-state index in [0.29, 0.717) is 39.4 Å². The van der Waals surface area contributed by atoms with Crippen LogP contribution in [0, 0.1) is 0 Å². The maximum atomic E-state index is 10.8. The SMILES string of the molecule is CCOCc1nc2cnc3cc(OCc4ccccc4)ccc3c2n1CCCCOC(N)=O. The molecule has 8 heteroatoms. The molecular formula is C25H28N4O4. The molecule has 0 radical (unpaired) electrons. The Hall–Kier alpha value is -3.65. The molecule has 2 aromatic carbocycles. The Kier molecular flexibility index (Phi) is 7.36. The van der Waals surface area contributed by atoms with Crippen LogP contribution >= 0.6 is 0 Å². The number of hydrogen-bond acceptors (Lipinski definition) is 6. The number of carbonyl (C=O) groups is 1. The van der Waals surface area contributed by atoms with Crippen molar-refractivity contribution in [3.8, 4) is 5.75 Å². The molecule has 0 unspecified atom stereocenters. The molecule has 0 aliphatic rings. The van der Waals surface area contributed by atoms with E-state index in [0.717, 1.165) is 45.5 Å². The summed E-state index contributed by atoms with van der Waals surface area (Å²) >= 11 is 0. The first-order valence-corrected chi connectivity index (χ1v) is 11.1. The van der Waals surface area contributed by atoms with E-state index in [1.165, 1.54) is 0 Å². The number of unbranched alkanes of at least 4 members (excludes halogenated alkanes) is 1. The van der Waals surface area contributed by atoms with E-state index in [-0.39, 0.29) is 0 Å². The summed E-state index contributed by atoms with van der Waals surface area (Å²) in [5.74, 6) is 1.61. The number of nitrogens with zero attached hydrogens (tertiary/aromatic N) is 3. The van der Waals surface area contributed by atoms with Gasteiger partial charge in [-0.2, -0.15) is 0 Å². The van der Waals surface area contributed by atoms with Gasteiger partial charge in [-0.25, -0.2) is 9.78 Å². The first kappa shape index (κ1) is 22.5. The lowest BCUT2D eigenvalue weighted by Crippen LogP contribution is -2.14. The van der Waals surface area contributed by atoms with Crippen LogP contribution in [0.4, 0.5) is 4.79 Å². The predicted molar refractivity (Wildman–Crippen MR) is 126 cm³/mol. The zero-order valence-corrected chi connectivity index (χ0v) is 18.7. The summed E-state index contributed by atoms with van der Waals surface area (Å²) in [5, 5.41) is 1.00. The van der Waals surface area contributed by atoms with Crippen molar-refractivity contribution in [3.63, 3.8) is 0 Å². The summed E-state index contributed by atoms with van der Waals surface area (Å²) in [6, 6.07) is 16.0. The molecule has 0 saturated carbocycles. The molecule has 33 heavy (non-hydrogen) atoms. The molecule has 2 aromatic heterocycles. The van der Waals surface area contributed by atoms with Crippen molar-refractivity contribution in [1.82, 2.24) is 14.5 Å². The Morgan fingerprint density at radius 2 is 1.91 bits per heavy atom. The molecule has 2 heterocycles. The molecule has 0 aliphatic heterocycles. The second kappa shape index (κ2) is 10.8. The van der Waals surface area contributed by atoms with E-state index in [1.54, 1.807) is 6.20 Å². The van der Waals surface area contributed by atoms with E-state index in [2.05, 4.69) is 9.55 Å². The first-order chi connectivity index (χ1) is 16.2. The van der Waals surface area contributed by atoms with Gasteiger partial charge in [0, 0.05) is 24.6 Å². The highest BCUT2D eigenvalue weighted by molar-refractivity contribution is 6.02. The van der Waals surface area contributed by atoms with Gasteiger partial charge in [-0.1, -0.05) is 30.3 Å². The highest BCUT2D eigenvalue weighted by atomic mass is 16.5. The van der Waals surface area contributed by atoms with Crippen LogP contribution in [-0.4, -0.2) is 33.8 Å². The van der Waals surface area contributed by atoms with Crippen LogP contribution in [0.25, 0.3) is 21.9 Å². The normalized spacial score (nSPS) is 11.2. The number of nitrogens with two attached hydrogens (primary N) is 1. The number of rotatable bonds is 11. The predicted octanol–water partition coefficient (Wildman–Crippen LogP) is 4.58. The number of imidazole rings is 1. The Morgan fingerprint density at radius 3 is 2.70 bits per heavy atom. The highest BCUT2D eigenvalue weighted by Gasteiger charge is 2.15. The molecule has 0 atom stereocenters. The van der Waals surface area contributed by atoms with Gasteiger partial charge >= 0.3 is 6.09 Å². The molecule has 4 aromatic rings. The van der Waals surface area contributed by atoms with Gasteiger partial charge in [0.25, 0.3) is 0 Å². The van der Waals surface area contributed by atoms with Gasteiger partial charge in [-0.15, -0.1) is 0 Å². The van der Waals surface area contributed by atoms with E-state index in [4.69, 9.17) is 24.9 Å². The van der Waals surface area contributed by atoms with Crippen LogP contribution in [0.2, 0.25) is 0 Å². The van der Waals surface area contributed by atoms with Gasteiger partial charge in [0.15, 0.2) is 0 Å². The molecule has 1 amide bonds. The second-order valence-corrected chi connectivity index (χ2v) is 7.64. The third-order valence-electron chi connectivity index (χ3n) is 5.33. The smallest absolute Gasteiger partial charge is 0.404 e.